The van der Waals surface area contributed by atoms with Crippen LogP contribution in [0.15, 0.2) is 60.8 Å². The molecule has 2 amide bonds. The number of anilines is 1. The first-order valence-electron chi connectivity index (χ1n) is 9.90. The second-order valence-electron chi connectivity index (χ2n) is 7.26. The van der Waals surface area contributed by atoms with Crippen LogP contribution in [0.3, 0.4) is 0 Å². The summed E-state index contributed by atoms with van der Waals surface area (Å²) in [6.45, 7) is 2.33. The van der Waals surface area contributed by atoms with Gasteiger partial charge >= 0.3 is 0 Å². The maximum absolute atomic E-state index is 12.2. The fourth-order valence-corrected chi connectivity index (χ4v) is 3.78. The highest BCUT2D eigenvalue weighted by Gasteiger charge is 2.21. The molecule has 0 aliphatic carbocycles. The smallest absolute Gasteiger partial charge is 0.227 e. The normalized spacial score (nSPS) is 14.0. The van der Waals surface area contributed by atoms with Gasteiger partial charge in [0.25, 0.3) is 0 Å². The molecule has 1 aromatic heterocycles. The van der Waals surface area contributed by atoms with E-state index in [4.69, 9.17) is 0 Å². The standard InChI is InChI=1S/C23H25N3O2/c27-22(17-18-8-10-20(11-9-18)26-15-3-7-23(26)28)24-13-4-14-25-16-12-19-5-1-2-6-21(19)25/h1-2,5-6,8-12,16H,3-4,7,13-15,17H2,(H,24,27). The van der Waals surface area contributed by atoms with Gasteiger partial charge in [-0.25, -0.2) is 0 Å². The summed E-state index contributed by atoms with van der Waals surface area (Å²) in [5.41, 5.74) is 3.11. The summed E-state index contributed by atoms with van der Waals surface area (Å²) in [5.74, 6) is 0.211. The topological polar surface area (TPSA) is 54.3 Å². The summed E-state index contributed by atoms with van der Waals surface area (Å²) in [5, 5.41) is 4.24. The zero-order valence-corrected chi connectivity index (χ0v) is 15.9. The van der Waals surface area contributed by atoms with Crippen LogP contribution in [0.1, 0.15) is 24.8 Å². The average molecular weight is 375 g/mol. The second kappa shape index (κ2) is 8.30. The Labute approximate surface area is 165 Å². The number of hydrogen-bond donors (Lipinski definition) is 1. The van der Waals surface area contributed by atoms with Gasteiger partial charge < -0.3 is 14.8 Å². The van der Waals surface area contributed by atoms with Crippen molar-refractivity contribution in [2.24, 2.45) is 0 Å². The predicted molar refractivity (Wildman–Crippen MR) is 111 cm³/mol. The maximum Gasteiger partial charge on any atom is 0.227 e. The van der Waals surface area contributed by atoms with Crippen LogP contribution in [0, 0.1) is 0 Å². The molecule has 3 aromatic rings. The molecule has 2 heterocycles. The number of nitrogens with one attached hydrogen (secondary N) is 1. The van der Waals surface area contributed by atoms with E-state index < -0.39 is 0 Å². The van der Waals surface area contributed by atoms with Crippen molar-refractivity contribution in [2.75, 3.05) is 18.0 Å². The number of aryl methyl sites for hydroxylation is 1. The van der Waals surface area contributed by atoms with Crippen LogP contribution in [0.4, 0.5) is 5.69 Å². The maximum atomic E-state index is 12.2. The summed E-state index contributed by atoms with van der Waals surface area (Å²) >= 11 is 0. The molecule has 0 atom stereocenters. The molecule has 0 saturated carbocycles. The number of rotatable bonds is 7. The molecule has 1 saturated heterocycles. The predicted octanol–water partition coefficient (Wildman–Crippen LogP) is 3.52. The minimum atomic E-state index is 0.0300. The Morgan fingerprint density at radius 1 is 1.04 bits per heavy atom. The Morgan fingerprint density at radius 2 is 1.86 bits per heavy atom. The Morgan fingerprint density at radius 3 is 2.64 bits per heavy atom. The average Bonchev–Trinajstić information content (AvgIpc) is 3.32. The zero-order valence-electron chi connectivity index (χ0n) is 15.9. The van der Waals surface area contributed by atoms with Crippen molar-refractivity contribution in [1.29, 1.82) is 0 Å². The van der Waals surface area contributed by atoms with E-state index in [0.717, 1.165) is 37.2 Å². The van der Waals surface area contributed by atoms with Gasteiger partial charge in [-0.15, -0.1) is 0 Å². The van der Waals surface area contributed by atoms with Crippen LogP contribution < -0.4 is 10.2 Å². The van der Waals surface area contributed by atoms with Crippen LogP contribution in [-0.4, -0.2) is 29.5 Å². The number of hydrogen-bond acceptors (Lipinski definition) is 2. The Balaban J connectivity index is 1.23. The van der Waals surface area contributed by atoms with Crippen molar-refractivity contribution in [1.82, 2.24) is 9.88 Å². The minimum absolute atomic E-state index is 0.0300. The summed E-state index contributed by atoms with van der Waals surface area (Å²) in [6, 6.07) is 18.2. The molecule has 1 aliphatic heterocycles. The lowest BCUT2D eigenvalue weighted by atomic mass is 10.1. The van der Waals surface area contributed by atoms with Crippen LogP contribution in [0.25, 0.3) is 10.9 Å². The summed E-state index contributed by atoms with van der Waals surface area (Å²) < 4.78 is 2.22. The molecule has 0 radical (unpaired) electrons. The van der Waals surface area contributed by atoms with Gasteiger partial charge in [-0.05, 0) is 48.1 Å². The Hall–Kier alpha value is -3.08. The van der Waals surface area contributed by atoms with Gasteiger partial charge in [0.2, 0.25) is 11.8 Å². The second-order valence-corrected chi connectivity index (χ2v) is 7.26. The van der Waals surface area contributed by atoms with E-state index in [2.05, 4.69) is 34.3 Å². The van der Waals surface area contributed by atoms with E-state index in [1.807, 2.05) is 41.3 Å². The summed E-state index contributed by atoms with van der Waals surface area (Å²) in [7, 11) is 0. The first-order valence-corrected chi connectivity index (χ1v) is 9.90. The van der Waals surface area contributed by atoms with E-state index in [1.54, 1.807) is 0 Å². The van der Waals surface area contributed by atoms with Crippen molar-refractivity contribution in [3.05, 3.63) is 66.4 Å². The van der Waals surface area contributed by atoms with Crippen LogP contribution in [0.2, 0.25) is 0 Å². The molecule has 0 unspecified atom stereocenters. The van der Waals surface area contributed by atoms with E-state index >= 15 is 0 Å². The number of para-hydroxylation sites is 1. The number of carbonyl (C=O) groups excluding carboxylic acids is 2. The summed E-state index contributed by atoms with van der Waals surface area (Å²) in [6.07, 6.45) is 4.89. The number of fused-ring (bicyclic) bond motifs is 1. The number of aromatic nitrogens is 1. The first kappa shape index (κ1) is 18.3. The largest absolute Gasteiger partial charge is 0.356 e. The zero-order chi connectivity index (χ0) is 19.3. The quantitative estimate of drug-likeness (QED) is 0.643. The Bertz CT molecular complexity index is 975. The highest BCUT2D eigenvalue weighted by atomic mass is 16.2. The third-order valence-corrected chi connectivity index (χ3v) is 5.26. The van der Waals surface area contributed by atoms with Crippen LogP contribution in [-0.2, 0) is 22.6 Å². The van der Waals surface area contributed by atoms with Crippen molar-refractivity contribution in [3.8, 4) is 0 Å². The number of amides is 2. The van der Waals surface area contributed by atoms with Gasteiger partial charge in [0.1, 0.15) is 0 Å². The molecular weight excluding hydrogens is 350 g/mol. The third kappa shape index (κ3) is 4.09. The lowest BCUT2D eigenvalue weighted by Gasteiger charge is -2.15. The molecule has 0 spiro atoms. The van der Waals surface area contributed by atoms with Crippen molar-refractivity contribution in [2.45, 2.75) is 32.2 Å². The number of benzene rings is 2. The van der Waals surface area contributed by atoms with Crippen molar-refractivity contribution < 1.29 is 9.59 Å². The molecule has 1 aliphatic rings. The van der Waals surface area contributed by atoms with Gasteiger partial charge in [0, 0.05) is 43.5 Å². The van der Waals surface area contributed by atoms with E-state index in [0.29, 0.717) is 19.4 Å². The molecule has 2 aromatic carbocycles. The van der Waals surface area contributed by atoms with Crippen molar-refractivity contribution >= 4 is 28.4 Å². The fourth-order valence-electron chi connectivity index (χ4n) is 3.78. The van der Waals surface area contributed by atoms with Gasteiger partial charge in [-0.2, -0.15) is 0 Å². The Kier molecular flexibility index (Phi) is 5.42. The first-order chi connectivity index (χ1) is 13.7. The minimum Gasteiger partial charge on any atom is -0.356 e. The molecule has 1 N–H and O–H groups in total. The van der Waals surface area contributed by atoms with E-state index in [9.17, 15) is 9.59 Å². The van der Waals surface area contributed by atoms with Gasteiger partial charge in [-0.3, -0.25) is 9.59 Å². The third-order valence-electron chi connectivity index (χ3n) is 5.26. The van der Waals surface area contributed by atoms with Gasteiger partial charge in [0.05, 0.1) is 6.42 Å². The highest BCUT2D eigenvalue weighted by Crippen LogP contribution is 2.21. The van der Waals surface area contributed by atoms with Gasteiger partial charge in [0.15, 0.2) is 0 Å². The number of carbonyl (C=O) groups is 2. The number of nitrogens with zero attached hydrogens (tertiary/aromatic N) is 2. The molecule has 28 heavy (non-hydrogen) atoms. The molecule has 144 valence electrons. The lowest BCUT2D eigenvalue weighted by Crippen LogP contribution is -2.27. The van der Waals surface area contributed by atoms with Crippen molar-refractivity contribution in [3.63, 3.8) is 0 Å². The highest BCUT2D eigenvalue weighted by molar-refractivity contribution is 5.95. The van der Waals surface area contributed by atoms with E-state index in [-0.39, 0.29) is 11.8 Å². The molecule has 5 nitrogen and oxygen atoms in total. The lowest BCUT2D eigenvalue weighted by molar-refractivity contribution is -0.120. The van der Waals surface area contributed by atoms with Gasteiger partial charge in [-0.1, -0.05) is 30.3 Å². The van der Waals surface area contributed by atoms with Crippen LogP contribution in [0.5, 0.6) is 0 Å². The fraction of sp³-hybridized carbons (Fsp3) is 0.304. The molecule has 1 fully saturated rings. The molecule has 5 heteroatoms. The molecule has 4 rings (SSSR count). The SMILES string of the molecule is O=C(Cc1ccc(N2CCCC2=O)cc1)NCCCn1ccc2ccccc21. The molecular formula is C23H25N3O2. The van der Waals surface area contributed by atoms with E-state index in [1.165, 1.54) is 10.9 Å². The van der Waals surface area contributed by atoms with Crippen LogP contribution >= 0.6 is 0 Å². The monoisotopic (exact) mass is 375 g/mol. The molecule has 0 bridgehead atoms. The summed E-state index contributed by atoms with van der Waals surface area (Å²) in [4.78, 5) is 25.8.